The predicted octanol–water partition coefficient (Wildman–Crippen LogP) is 5.61. The van der Waals surface area contributed by atoms with E-state index in [9.17, 15) is 0 Å². The summed E-state index contributed by atoms with van der Waals surface area (Å²) in [5.74, 6) is 3.25. The number of para-hydroxylation sites is 1. The summed E-state index contributed by atoms with van der Waals surface area (Å²) in [7, 11) is 2.15. The number of nitrogens with zero attached hydrogens (tertiary/aromatic N) is 4. The van der Waals surface area contributed by atoms with Gasteiger partial charge in [0.15, 0.2) is 0 Å². The molecule has 0 aliphatic carbocycles. The maximum Gasteiger partial charge on any atom is 0.294 e. The first kappa shape index (κ1) is 19.8. The van der Waals surface area contributed by atoms with E-state index in [0.29, 0.717) is 11.8 Å². The van der Waals surface area contributed by atoms with Crippen molar-refractivity contribution in [1.29, 1.82) is 0 Å². The van der Waals surface area contributed by atoms with Crippen LogP contribution in [0.15, 0.2) is 55.1 Å². The van der Waals surface area contributed by atoms with Crippen molar-refractivity contribution in [1.82, 2.24) is 14.1 Å². The quantitative estimate of drug-likeness (QED) is 0.353. The molecule has 0 N–H and O–H groups in total. The number of hydrogen-bond acceptors (Lipinski definition) is 1. The fraction of sp³-hybridized carbons (Fsp3) is 0.333. The summed E-state index contributed by atoms with van der Waals surface area (Å²) in [6, 6.07) is 11.5. The lowest BCUT2D eigenvalue weighted by Crippen LogP contribution is -2.29. The van der Waals surface area contributed by atoms with Crippen LogP contribution in [0.1, 0.15) is 67.6 Å². The fourth-order valence-electron chi connectivity index (χ4n) is 4.97. The Hall–Kier alpha value is -3.14. The predicted molar refractivity (Wildman–Crippen MR) is 125 cm³/mol. The van der Waals surface area contributed by atoms with Gasteiger partial charge in [0, 0.05) is 29.9 Å². The second kappa shape index (κ2) is 7.23. The van der Waals surface area contributed by atoms with Crippen molar-refractivity contribution in [2.75, 3.05) is 0 Å². The van der Waals surface area contributed by atoms with E-state index in [1.807, 2.05) is 6.20 Å². The Morgan fingerprint density at radius 3 is 2.35 bits per heavy atom. The topological polar surface area (TPSA) is 26.6 Å². The van der Waals surface area contributed by atoms with Gasteiger partial charge in [-0.2, -0.15) is 4.57 Å². The van der Waals surface area contributed by atoms with Crippen LogP contribution in [0.5, 0.6) is 0 Å². The largest absolute Gasteiger partial charge is 0.303 e. The van der Waals surface area contributed by atoms with Gasteiger partial charge >= 0.3 is 0 Å². The van der Waals surface area contributed by atoms with Gasteiger partial charge in [-0.25, -0.2) is 9.55 Å². The second-order valence-corrected chi connectivity index (χ2v) is 9.38. The average Bonchev–Trinajstić information content (AvgIpc) is 3.41. The van der Waals surface area contributed by atoms with Crippen molar-refractivity contribution in [3.63, 3.8) is 0 Å². The molecule has 0 amide bonds. The number of hydrogen-bond donors (Lipinski definition) is 0. The van der Waals surface area contributed by atoms with Crippen molar-refractivity contribution in [2.24, 2.45) is 7.05 Å². The molecule has 0 radical (unpaired) electrons. The van der Waals surface area contributed by atoms with Crippen LogP contribution in [-0.4, -0.2) is 14.1 Å². The Morgan fingerprint density at radius 2 is 1.68 bits per heavy atom. The van der Waals surface area contributed by atoms with Crippen LogP contribution in [-0.2, 0) is 13.5 Å². The molecule has 1 aliphatic heterocycles. The van der Waals surface area contributed by atoms with Gasteiger partial charge in [0.2, 0.25) is 0 Å². The summed E-state index contributed by atoms with van der Waals surface area (Å²) in [6.45, 7) is 11.4. The van der Waals surface area contributed by atoms with Gasteiger partial charge in [-0.1, -0.05) is 45.9 Å². The van der Waals surface area contributed by atoms with E-state index in [1.165, 1.54) is 45.0 Å². The van der Waals surface area contributed by atoms with Crippen LogP contribution in [0.2, 0.25) is 0 Å². The smallest absolute Gasteiger partial charge is 0.294 e. The lowest BCUT2D eigenvalue weighted by atomic mass is 9.92. The van der Waals surface area contributed by atoms with Gasteiger partial charge in [-0.15, -0.1) is 0 Å². The molecule has 0 bridgehead atoms. The number of aryl methyl sites for hydroxylation is 2. The van der Waals surface area contributed by atoms with Crippen LogP contribution in [0.3, 0.4) is 0 Å². The van der Waals surface area contributed by atoms with E-state index in [1.54, 1.807) is 0 Å². The second-order valence-electron chi connectivity index (χ2n) is 9.38. The summed E-state index contributed by atoms with van der Waals surface area (Å²) in [4.78, 5) is 4.53. The van der Waals surface area contributed by atoms with Crippen molar-refractivity contribution in [3.8, 4) is 22.8 Å². The molecule has 5 rings (SSSR count). The molecule has 2 aromatic carbocycles. The van der Waals surface area contributed by atoms with E-state index in [-0.39, 0.29) is 0 Å². The summed E-state index contributed by atoms with van der Waals surface area (Å²) in [5.41, 5.74) is 9.29. The number of fused-ring (bicyclic) bond motifs is 3. The fourth-order valence-corrected chi connectivity index (χ4v) is 4.97. The lowest BCUT2D eigenvalue weighted by Gasteiger charge is -2.18. The number of aromatic nitrogens is 4. The molecule has 3 heterocycles. The zero-order valence-corrected chi connectivity index (χ0v) is 19.3. The van der Waals surface area contributed by atoms with Crippen LogP contribution >= 0.6 is 0 Å². The molecular formula is C27H31N4+. The first-order valence-electron chi connectivity index (χ1n) is 11.2. The number of rotatable bonds is 4. The molecular weight excluding hydrogens is 380 g/mol. The summed E-state index contributed by atoms with van der Waals surface area (Å²) in [6.07, 6.45) is 9.24. The van der Waals surface area contributed by atoms with Gasteiger partial charge in [-0.3, -0.25) is 0 Å². The third-order valence-corrected chi connectivity index (χ3v) is 6.58. The zero-order chi connectivity index (χ0) is 21.9. The molecule has 31 heavy (non-hydrogen) atoms. The third kappa shape index (κ3) is 3.04. The Bertz CT molecular complexity index is 1260. The highest BCUT2D eigenvalue weighted by Gasteiger charge is 2.29. The molecule has 0 saturated carbocycles. The summed E-state index contributed by atoms with van der Waals surface area (Å²) in [5, 5.41) is 0. The Labute approximate surface area is 184 Å². The highest BCUT2D eigenvalue weighted by Crippen LogP contribution is 2.36. The molecule has 0 saturated heterocycles. The molecule has 2 aromatic heterocycles. The molecule has 4 aromatic rings. The molecule has 4 nitrogen and oxygen atoms in total. The van der Waals surface area contributed by atoms with E-state index >= 15 is 0 Å². The molecule has 1 aliphatic rings. The normalized spacial score (nSPS) is 12.6. The van der Waals surface area contributed by atoms with Crippen molar-refractivity contribution >= 4 is 0 Å². The van der Waals surface area contributed by atoms with Gasteiger partial charge in [0.1, 0.15) is 23.9 Å². The lowest BCUT2D eigenvalue weighted by molar-refractivity contribution is -0.659. The SMILES string of the molecule is Cc1cc2c(cc1-c1n(-c3c(C(C)C)cccc3C(C)C)cc[n+]1C)Cc1nccn1-2. The first-order valence-corrected chi connectivity index (χ1v) is 11.2. The van der Waals surface area contributed by atoms with E-state index in [4.69, 9.17) is 0 Å². The van der Waals surface area contributed by atoms with Crippen LogP contribution in [0.25, 0.3) is 22.8 Å². The minimum Gasteiger partial charge on any atom is -0.303 e. The molecule has 158 valence electrons. The van der Waals surface area contributed by atoms with Gasteiger partial charge in [0.05, 0.1) is 18.3 Å². The molecule has 0 unspecified atom stereocenters. The number of imidazole rings is 2. The van der Waals surface area contributed by atoms with E-state index in [2.05, 4.69) is 109 Å². The highest BCUT2D eigenvalue weighted by atomic mass is 15.1. The first-order chi connectivity index (χ1) is 14.9. The highest BCUT2D eigenvalue weighted by molar-refractivity contribution is 5.68. The number of benzene rings is 2. The molecule has 0 fully saturated rings. The van der Waals surface area contributed by atoms with E-state index in [0.717, 1.165) is 12.2 Å². The maximum atomic E-state index is 4.53. The molecule has 4 heteroatoms. The van der Waals surface area contributed by atoms with Gasteiger partial charge in [0.25, 0.3) is 5.82 Å². The maximum absolute atomic E-state index is 4.53. The molecule has 0 spiro atoms. The summed E-state index contributed by atoms with van der Waals surface area (Å²) >= 11 is 0. The Kier molecular flexibility index (Phi) is 4.62. The Balaban J connectivity index is 1.75. The van der Waals surface area contributed by atoms with Crippen molar-refractivity contribution in [2.45, 2.75) is 52.9 Å². The standard InChI is InChI=1S/C27H31N4/c1-17(2)21-8-7-9-22(18(3)4)26(21)31-13-12-29(6)27(31)23-15-20-16-25-28-10-11-30(25)24(20)14-19(23)5/h7-15,17-18H,16H2,1-6H3/q+1. The molecule has 0 atom stereocenters. The van der Waals surface area contributed by atoms with Gasteiger partial charge < -0.3 is 4.57 Å². The third-order valence-electron chi connectivity index (χ3n) is 6.58. The van der Waals surface area contributed by atoms with Gasteiger partial charge in [-0.05, 0) is 42.0 Å². The van der Waals surface area contributed by atoms with Crippen molar-refractivity contribution in [3.05, 3.63) is 83.2 Å². The average molecular weight is 412 g/mol. The Morgan fingerprint density at radius 1 is 0.968 bits per heavy atom. The minimum absolute atomic E-state index is 0.451. The minimum atomic E-state index is 0.451. The monoisotopic (exact) mass is 411 g/mol. The van der Waals surface area contributed by atoms with Crippen LogP contribution in [0.4, 0.5) is 0 Å². The van der Waals surface area contributed by atoms with E-state index < -0.39 is 0 Å². The van der Waals surface area contributed by atoms with Crippen LogP contribution in [0, 0.1) is 6.92 Å². The summed E-state index contributed by atoms with van der Waals surface area (Å²) < 4.78 is 6.88. The van der Waals surface area contributed by atoms with Crippen molar-refractivity contribution < 1.29 is 4.57 Å². The van der Waals surface area contributed by atoms with Crippen LogP contribution < -0.4 is 4.57 Å². The zero-order valence-electron chi connectivity index (χ0n) is 19.3.